The van der Waals surface area contributed by atoms with E-state index in [1.807, 2.05) is 12.1 Å². The first kappa shape index (κ1) is 12.2. The van der Waals surface area contributed by atoms with Crippen molar-refractivity contribution in [1.82, 2.24) is 5.32 Å². The van der Waals surface area contributed by atoms with E-state index in [0.717, 1.165) is 13.0 Å². The van der Waals surface area contributed by atoms with Gasteiger partial charge in [0.2, 0.25) is 0 Å². The van der Waals surface area contributed by atoms with Crippen molar-refractivity contribution in [3.63, 3.8) is 0 Å². The molecule has 1 nitrogen and oxygen atoms in total. The van der Waals surface area contributed by atoms with Gasteiger partial charge < -0.3 is 5.32 Å². The minimum atomic E-state index is -0.163. The summed E-state index contributed by atoms with van der Waals surface area (Å²) in [5.41, 5.74) is 1.19. The third-order valence-electron chi connectivity index (χ3n) is 2.57. The van der Waals surface area contributed by atoms with Gasteiger partial charge in [0.15, 0.2) is 0 Å². The molecule has 0 saturated heterocycles. The number of hydrogen-bond acceptors (Lipinski definition) is 1. The van der Waals surface area contributed by atoms with Crippen molar-refractivity contribution in [1.29, 1.82) is 0 Å². The average Bonchev–Trinajstić information content (AvgIpc) is 2.25. The van der Waals surface area contributed by atoms with Gasteiger partial charge in [-0.2, -0.15) is 0 Å². The Balaban J connectivity index is 2.65. The lowest BCUT2D eigenvalue weighted by atomic mass is 10.0. The first-order chi connectivity index (χ1) is 7.27. The van der Waals surface area contributed by atoms with Crippen LogP contribution in [0.1, 0.15) is 44.7 Å². The molecule has 1 aromatic carbocycles. The molecule has 1 rings (SSSR count). The van der Waals surface area contributed by atoms with Crippen molar-refractivity contribution in [2.45, 2.75) is 39.2 Å². The molecule has 1 aromatic rings. The van der Waals surface area contributed by atoms with Crippen molar-refractivity contribution in [3.05, 3.63) is 35.6 Å². The summed E-state index contributed by atoms with van der Waals surface area (Å²) in [4.78, 5) is 0. The molecule has 0 amide bonds. The Labute approximate surface area is 91.7 Å². The second kappa shape index (κ2) is 6.57. The molecule has 84 valence electrons. The topological polar surface area (TPSA) is 12.0 Å². The van der Waals surface area contributed by atoms with Crippen LogP contribution in [-0.2, 0) is 0 Å². The second-order valence-electron chi connectivity index (χ2n) is 3.80. The highest BCUT2D eigenvalue weighted by molar-refractivity contribution is 5.19. The molecular weight excluding hydrogens is 189 g/mol. The Morgan fingerprint density at radius 2 is 1.87 bits per heavy atom. The molecule has 0 saturated carbocycles. The van der Waals surface area contributed by atoms with Gasteiger partial charge >= 0.3 is 0 Å². The molecule has 0 spiro atoms. The summed E-state index contributed by atoms with van der Waals surface area (Å²) in [6.45, 7) is 5.24. The van der Waals surface area contributed by atoms with Gasteiger partial charge in [0.1, 0.15) is 5.82 Å². The van der Waals surface area contributed by atoms with Crippen LogP contribution >= 0.6 is 0 Å². The summed E-state index contributed by atoms with van der Waals surface area (Å²) >= 11 is 0. The van der Waals surface area contributed by atoms with Gasteiger partial charge in [-0.3, -0.25) is 0 Å². The van der Waals surface area contributed by atoms with Crippen molar-refractivity contribution >= 4 is 0 Å². The number of rotatable bonds is 6. The monoisotopic (exact) mass is 209 g/mol. The lowest BCUT2D eigenvalue weighted by Crippen LogP contribution is -2.20. The molecule has 0 heterocycles. The summed E-state index contributed by atoms with van der Waals surface area (Å²) < 4.78 is 12.8. The van der Waals surface area contributed by atoms with Crippen molar-refractivity contribution in [2.24, 2.45) is 0 Å². The molecule has 0 radical (unpaired) electrons. The summed E-state index contributed by atoms with van der Waals surface area (Å²) in [5.74, 6) is -0.163. The Bertz CT molecular complexity index is 268. The van der Waals surface area contributed by atoms with Crippen molar-refractivity contribution in [3.8, 4) is 0 Å². The fraction of sp³-hybridized carbons (Fsp3) is 0.538. The summed E-state index contributed by atoms with van der Waals surface area (Å²) in [5, 5.41) is 3.43. The van der Waals surface area contributed by atoms with Gasteiger partial charge in [0, 0.05) is 6.04 Å². The predicted octanol–water partition coefficient (Wildman–Crippen LogP) is 3.67. The summed E-state index contributed by atoms with van der Waals surface area (Å²) in [6.07, 6.45) is 3.52. The molecule has 1 unspecified atom stereocenters. The first-order valence-electron chi connectivity index (χ1n) is 5.76. The third-order valence-corrected chi connectivity index (χ3v) is 2.57. The minimum absolute atomic E-state index is 0.163. The molecule has 2 heteroatoms. The van der Waals surface area contributed by atoms with Crippen LogP contribution in [-0.4, -0.2) is 6.54 Å². The zero-order valence-corrected chi connectivity index (χ0v) is 9.59. The van der Waals surface area contributed by atoms with Gasteiger partial charge in [0.05, 0.1) is 0 Å². The third kappa shape index (κ3) is 4.00. The number of benzene rings is 1. The number of nitrogens with one attached hydrogen (secondary N) is 1. The Morgan fingerprint density at radius 3 is 2.40 bits per heavy atom. The maximum atomic E-state index is 12.8. The SMILES string of the molecule is CCCCC(NCC)c1ccc(F)cc1. The van der Waals surface area contributed by atoms with Gasteiger partial charge in [0.25, 0.3) is 0 Å². The van der Waals surface area contributed by atoms with Crippen LogP contribution in [0.5, 0.6) is 0 Å². The molecule has 0 fully saturated rings. The van der Waals surface area contributed by atoms with E-state index in [1.54, 1.807) is 0 Å². The molecule has 0 aliphatic carbocycles. The largest absolute Gasteiger partial charge is 0.310 e. The number of hydrogen-bond donors (Lipinski definition) is 1. The second-order valence-corrected chi connectivity index (χ2v) is 3.80. The van der Waals surface area contributed by atoms with E-state index in [-0.39, 0.29) is 5.82 Å². The standard InChI is InChI=1S/C13H20FN/c1-3-5-6-13(15-4-2)11-7-9-12(14)10-8-11/h7-10,13,15H,3-6H2,1-2H3. The average molecular weight is 209 g/mol. The van der Waals surface area contributed by atoms with Crippen molar-refractivity contribution in [2.75, 3.05) is 6.54 Å². The van der Waals surface area contributed by atoms with E-state index < -0.39 is 0 Å². The molecule has 0 aromatic heterocycles. The van der Waals surface area contributed by atoms with Gasteiger partial charge in [-0.15, -0.1) is 0 Å². The molecule has 15 heavy (non-hydrogen) atoms. The van der Waals surface area contributed by atoms with Gasteiger partial charge in [-0.05, 0) is 30.7 Å². The maximum Gasteiger partial charge on any atom is 0.123 e. The Kier molecular flexibility index (Phi) is 5.33. The molecule has 1 N–H and O–H groups in total. The van der Waals surface area contributed by atoms with Crippen LogP contribution < -0.4 is 5.32 Å². The highest BCUT2D eigenvalue weighted by atomic mass is 19.1. The zero-order valence-electron chi connectivity index (χ0n) is 9.59. The molecule has 1 atom stereocenters. The minimum Gasteiger partial charge on any atom is -0.310 e. The van der Waals surface area contributed by atoms with E-state index in [9.17, 15) is 4.39 Å². The molecule has 0 aliphatic heterocycles. The van der Waals surface area contributed by atoms with Crippen LogP contribution in [0.3, 0.4) is 0 Å². The smallest absolute Gasteiger partial charge is 0.123 e. The Morgan fingerprint density at radius 1 is 1.20 bits per heavy atom. The van der Waals surface area contributed by atoms with Crippen LogP contribution in [0.15, 0.2) is 24.3 Å². The molecule has 0 aliphatic rings. The van der Waals surface area contributed by atoms with Crippen LogP contribution in [0.25, 0.3) is 0 Å². The van der Waals surface area contributed by atoms with E-state index in [4.69, 9.17) is 0 Å². The maximum absolute atomic E-state index is 12.8. The first-order valence-corrected chi connectivity index (χ1v) is 5.76. The number of unbranched alkanes of at least 4 members (excludes halogenated alkanes) is 1. The van der Waals surface area contributed by atoms with E-state index >= 15 is 0 Å². The van der Waals surface area contributed by atoms with Gasteiger partial charge in [-0.25, -0.2) is 4.39 Å². The number of halogens is 1. The normalized spacial score (nSPS) is 12.7. The Hall–Kier alpha value is -0.890. The highest BCUT2D eigenvalue weighted by Gasteiger charge is 2.08. The quantitative estimate of drug-likeness (QED) is 0.753. The predicted molar refractivity (Wildman–Crippen MR) is 62.3 cm³/mol. The van der Waals surface area contributed by atoms with E-state index in [0.29, 0.717) is 6.04 Å². The molecule has 0 bridgehead atoms. The van der Waals surface area contributed by atoms with E-state index in [2.05, 4.69) is 19.2 Å². The zero-order chi connectivity index (χ0) is 11.1. The van der Waals surface area contributed by atoms with E-state index in [1.165, 1.54) is 30.5 Å². The fourth-order valence-electron chi connectivity index (χ4n) is 1.74. The fourth-order valence-corrected chi connectivity index (χ4v) is 1.74. The van der Waals surface area contributed by atoms with Crippen LogP contribution in [0.2, 0.25) is 0 Å². The van der Waals surface area contributed by atoms with Crippen LogP contribution in [0.4, 0.5) is 4.39 Å². The lowest BCUT2D eigenvalue weighted by molar-refractivity contribution is 0.493. The van der Waals surface area contributed by atoms with Gasteiger partial charge in [-0.1, -0.05) is 38.8 Å². The van der Waals surface area contributed by atoms with Crippen molar-refractivity contribution < 1.29 is 4.39 Å². The summed E-state index contributed by atoms with van der Waals surface area (Å²) in [6, 6.07) is 7.18. The highest BCUT2D eigenvalue weighted by Crippen LogP contribution is 2.19. The van der Waals surface area contributed by atoms with Crippen LogP contribution in [0, 0.1) is 5.82 Å². The molecular formula is C13H20FN. The lowest BCUT2D eigenvalue weighted by Gasteiger charge is -2.17. The summed E-state index contributed by atoms with van der Waals surface area (Å²) in [7, 11) is 0.